The van der Waals surface area contributed by atoms with Crippen molar-refractivity contribution in [1.29, 1.82) is 0 Å². The van der Waals surface area contributed by atoms with Crippen molar-refractivity contribution in [2.45, 2.75) is 19.4 Å². The monoisotopic (exact) mass is 321 g/mol. The van der Waals surface area contributed by atoms with Crippen molar-refractivity contribution in [3.8, 4) is 0 Å². The van der Waals surface area contributed by atoms with E-state index in [4.69, 9.17) is 0 Å². The first-order valence-electron chi connectivity index (χ1n) is 6.39. The van der Waals surface area contributed by atoms with E-state index < -0.39 is 0 Å². The van der Waals surface area contributed by atoms with E-state index in [0.717, 1.165) is 23.0 Å². The summed E-state index contributed by atoms with van der Waals surface area (Å²) in [5, 5.41) is 3.48. The summed E-state index contributed by atoms with van der Waals surface area (Å²) in [4.78, 5) is 0. The highest BCUT2D eigenvalue weighted by Gasteiger charge is 2.07. The molecule has 0 aromatic heterocycles. The van der Waals surface area contributed by atoms with Crippen LogP contribution in [0.15, 0.2) is 53.0 Å². The summed E-state index contributed by atoms with van der Waals surface area (Å²) in [5.74, 6) is -0.182. The molecule has 2 aromatic carbocycles. The number of halogens is 2. The second-order valence-corrected chi connectivity index (χ2v) is 5.43. The Balaban J connectivity index is 1.86. The van der Waals surface area contributed by atoms with Crippen LogP contribution in [0.1, 0.15) is 24.1 Å². The molecule has 0 radical (unpaired) electrons. The van der Waals surface area contributed by atoms with Crippen molar-refractivity contribution in [1.82, 2.24) is 5.32 Å². The zero-order chi connectivity index (χ0) is 13.7. The lowest BCUT2D eigenvalue weighted by Crippen LogP contribution is -2.21. The fourth-order valence-corrected chi connectivity index (χ4v) is 2.65. The molecule has 0 heterocycles. The Morgan fingerprint density at radius 2 is 1.79 bits per heavy atom. The average Bonchev–Trinajstić information content (AvgIpc) is 2.41. The van der Waals surface area contributed by atoms with Crippen molar-refractivity contribution in [3.63, 3.8) is 0 Å². The smallest absolute Gasteiger partial charge is 0.123 e. The number of hydrogen-bond acceptors (Lipinski definition) is 1. The quantitative estimate of drug-likeness (QED) is 0.856. The van der Waals surface area contributed by atoms with Gasteiger partial charge in [-0.05, 0) is 49.2 Å². The van der Waals surface area contributed by atoms with Gasteiger partial charge in [0.25, 0.3) is 0 Å². The van der Waals surface area contributed by atoms with Gasteiger partial charge in [-0.3, -0.25) is 0 Å². The van der Waals surface area contributed by atoms with Crippen LogP contribution in [0.4, 0.5) is 4.39 Å². The van der Waals surface area contributed by atoms with E-state index in [9.17, 15) is 4.39 Å². The molecule has 2 rings (SSSR count). The predicted octanol–water partition coefficient (Wildman–Crippen LogP) is 4.48. The van der Waals surface area contributed by atoms with Crippen LogP contribution in [0.5, 0.6) is 0 Å². The Morgan fingerprint density at radius 1 is 1.11 bits per heavy atom. The molecule has 0 saturated heterocycles. The Kier molecular flexibility index (Phi) is 5.11. The third-order valence-electron chi connectivity index (χ3n) is 3.15. The summed E-state index contributed by atoms with van der Waals surface area (Å²) in [6.45, 7) is 3.01. The van der Waals surface area contributed by atoms with E-state index in [-0.39, 0.29) is 11.9 Å². The van der Waals surface area contributed by atoms with Gasteiger partial charge in [0.15, 0.2) is 0 Å². The van der Waals surface area contributed by atoms with Crippen LogP contribution in [0.3, 0.4) is 0 Å². The molecule has 0 aliphatic heterocycles. The Labute approximate surface area is 122 Å². The predicted molar refractivity (Wildman–Crippen MR) is 80.7 cm³/mol. The Hall–Kier alpha value is -1.19. The third-order valence-corrected chi connectivity index (χ3v) is 3.87. The second kappa shape index (κ2) is 6.83. The maximum absolute atomic E-state index is 12.8. The van der Waals surface area contributed by atoms with Crippen molar-refractivity contribution < 1.29 is 4.39 Å². The molecular weight excluding hydrogens is 305 g/mol. The van der Waals surface area contributed by atoms with Crippen LogP contribution in [0.2, 0.25) is 0 Å². The molecule has 0 aliphatic rings. The minimum absolute atomic E-state index is 0.182. The number of benzene rings is 2. The molecule has 0 spiro atoms. The molecule has 19 heavy (non-hydrogen) atoms. The molecule has 0 aliphatic carbocycles. The van der Waals surface area contributed by atoms with Gasteiger partial charge in [0.1, 0.15) is 5.82 Å². The van der Waals surface area contributed by atoms with E-state index in [0.29, 0.717) is 0 Å². The van der Waals surface area contributed by atoms with E-state index >= 15 is 0 Å². The van der Waals surface area contributed by atoms with Crippen LogP contribution in [-0.2, 0) is 6.42 Å². The summed E-state index contributed by atoms with van der Waals surface area (Å²) >= 11 is 3.56. The summed E-state index contributed by atoms with van der Waals surface area (Å²) in [6, 6.07) is 15.2. The average molecular weight is 322 g/mol. The summed E-state index contributed by atoms with van der Waals surface area (Å²) in [6.07, 6.45) is 0.898. The number of rotatable bonds is 5. The van der Waals surface area contributed by atoms with Gasteiger partial charge in [0.2, 0.25) is 0 Å². The first-order valence-corrected chi connectivity index (χ1v) is 7.18. The first-order chi connectivity index (χ1) is 9.16. The molecule has 1 unspecified atom stereocenters. The highest BCUT2D eigenvalue weighted by atomic mass is 79.9. The van der Waals surface area contributed by atoms with Gasteiger partial charge in [0, 0.05) is 10.5 Å². The van der Waals surface area contributed by atoms with Crippen LogP contribution in [0.25, 0.3) is 0 Å². The molecule has 100 valence electrons. The van der Waals surface area contributed by atoms with Gasteiger partial charge in [-0.2, -0.15) is 0 Å². The van der Waals surface area contributed by atoms with Crippen LogP contribution < -0.4 is 5.32 Å². The molecule has 3 heteroatoms. The highest BCUT2D eigenvalue weighted by molar-refractivity contribution is 9.10. The molecular formula is C16H17BrFN. The lowest BCUT2D eigenvalue weighted by atomic mass is 10.1. The zero-order valence-electron chi connectivity index (χ0n) is 10.9. The molecule has 1 atom stereocenters. The molecule has 0 fully saturated rings. The molecule has 1 N–H and O–H groups in total. The van der Waals surface area contributed by atoms with E-state index in [1.807, 2.05) is 30.3 Å². The normalized spacial score (nSPS) is 12.4. The van der Waals surface area contributed by atoms with Gasteiger partial charge in [0.05, 0.1) is 0 Å². The summed E-state index contributed by atoms with van der Waals surface area (Å²) in [7, 11) is 0. The fourth-order valence-electron chi connectivity index (χ4n) is 2.02. The van der Waals surface area contributed by atoms with Crippen LogP contribution in [0, 0.1) is 5.82 Å². The maximum Gasteiger partial charge on any atom is 0.123 e. The number of nitrogens with one attached hydrogen (secondary N) is 1. The van der Waals surface area contributed by atoms with E-state index in [1.54, 1.807) is 0 Å². The summed E-state index contributed by atoms with van der Waals surface area (Å²) in [5.41, 5.74) is 2.40. The minimum atomic E-state index is -0.182. The van der Waals surface area contributed by atoms with Gasteiger partial charge >= 0.3 is 0 Å². The molecule has 0 bridgehead atoms. The Bertz CT molecular complexity index is 525. The fraction of sp³-hybridized carbons (Fsp3) is 0.250. The van der Waals surface area contributed by atoms with Gasteiger partial charge in [-0.1, -0.05) is 46.3 Å². The maximum atomic E-state index is 12.8. The zero-order valence-corrected chi connectivity index (χ0v) is 12.5. The third kappa shape index (κ3) is 4.15. The minimum Gasteiger partial charge on any atom is -0.310 e. The second-order valence-electron chi connectivity index (χ2n) is 4.57. The van der Waals surface area contributed by atoms with Crippen LogP contribution in [-0.4, -0.2) is 6.54 Å². The molecule has 0 amide bonds. The molecule has 0 saturated carbocycles. The molecule has 1 nitrogen and oxygen atoms in total. The summed E-state index contributed by atoms with van der Waals surface area (Å²) < 4.78 is 13.9. The largest absolute Gasteiger partial charge is 0.310 e. The van der Waals surface area contributed by atoms with Crippen molar-refractivity contribution in [2.24, 2.45) is 0 Å². The van der Waals surface area contributed by atoms with Gasteiger partial charge in [-0.25, -0.2) is 4.39 Å². The van der Waals surface area contributed by atoms with Crippen molar-refractivity contribution >= 4 is 15.9 Å². The van der Waals surface area contributed by atoms with Crippen molar-refractivity contribution in [2.75, 3.05) is 6.54 Å². The standard InChI is InChI=1S/C16H17BrFN/c1-12(15-4-2-3-5-16(15)17)19-11-10-13-6-8-14(18)9-7-13/h2-9,12,19H,10-11H2,1H3. The molecule has 2 aromatic rings. The van der Waals surface area contributed by atoms with Crippen LogP contribution >= 0.6 is 15.9 Å². The number of hydrogen-bond donors (Lipinski definition) is 1. The van der Waals surface area contributed by atoms with E-state index in [2.05, 4.69) is 34.2 Å². The van der Waals surface area contributed by atoms with Gasteiger partial charge in [-0.15, -0.1) is 0 Å². The lowest BCUT2D eigenvalue weighted by molar-refractivity contribution is 0.574. The SMILES string of the molecule is CC(NCCc1ccc(F)cc1)c1ccccc1Br. The van der Waals surface area contributed by atoms with Gasteiger partial charge < -0.3 is 5.32 Å². The lowest BCUT2D eigenvalue weighted by Gasteiger charge is -2.15. The van der Waals surface area contributed by atoms with Crippen molar-refractivity contribution in [3.05, 3.63) is 69.9 Å². The topological polar surface area (TPSA) is 12.0 Å². The van der Waals surface area contributed by atoms with E-state index in [1.165, 1.54) is 17.7 Å². The first kappa shape index (κ1) is 14.2. The Morgan fingerprint density at radius 3 is 2.47 bits per heavy atom. The highest BCUT2D eigenvalue weighted by Crippen LogP contribution is 2.22.